The average Bonchev–Trinajstić information content (AvgIpc) is 2.98. The van der Waals surface area contributed by atoms with E-state index in [1.807, 2.05) is 0 Å². The Morgan fingerprint density at radius 3 is 2.50 bits per heavy atom. The fourth-order valence-electron chi connectivity index (χ4n) is 2.86. The van der Waals surface area contributed by atoms with Crippen molar-refractivity contribution in [1.82, 2.24) is 4.90 Å². The molecule has 4 heteroatoms. The Bertz CT molecular complexity index is 377. The van der Waals surface area contributed by atoms with Crippen LogP contribution in [0.4, 0.5) is 4.39 Å². The maximum absolute atomic E-state index is 12.8. The molecule has 1 saturated carbocycles. The molecule has 0 unspecified atom stereocenters. The molecule has 0 aromatic heterocycles. The highest BCUT2D eigenvalue weighted by atomic mass is 19.1. The summed E-state index contributed by atoms with van der Waals surface area (Å²) < 4.78 is 18.3. The third-order valence-electron chi connectivity index (χ3n) is 3.90. The zero-order valence-corrected chi connectivity index (χ0v) is 11.9. The van der Waals surface area contributed by atoms with Crippen LogP contribution in [0.5, 0.6) is 5.75 Å². The Kier molecular flexibility index (Phi) is 6.27. The van der Waals surface area contributed by atoms with Gasteiger partial charge in [0.15, 0.2) is 0 Å². The molecular formula is C16H24FNO2. The van der Waals surface area contributed by atoms with E-state index in [9.17, 15) is 4.39 Å². The molecular weight excluding hydrogens is 257 g/mol. The van der Waals surface area contributed by atoms with Crippen molar-refractivity contribution in [2.75, 3.05) is 26.3 Å². The first kappa shape index (κ1) is 15.3. The van der Waals surface area contributed by atoms with E-state index in [0.29, 0.717) is 18.4 Å². The number of halogens is 1. The summed E-state index contributed by atoms with van der Waals surface area (Å²) in [5.41, 5.74) is 0. The van der Waals surface area contributed by atoms with Crippen LogP contribution in [0, 0.1) is 5.82 Å². The molecule has 20 heavy (non-hydrogen) atoms. The van der Waals surface area contributed by atoms with E-state index in [-0.39, 0.29) is 12.4 Å². The summed E-state index contributed by atoms with van der Waals surface area (Å²) in [5, 5.41) is 9.15. The Morgan fingerprint density at radius 1 is 1.15 bits per heavy atom. The van der Waals surface area contributed by atoms with Crippen molar-refractivity contribution in [1.29, 1.82) is 0 Å². The van der Waals surface area contributed by atoms with Gasteiger partial charge >= 0.3 is 0 Å². The highest BCUT2D eigenvalue weighted by Gasteiger charge is 2.21. The van der Waals surface area contributed by atoms with Crippen LogP contribution in [0.25, 0.3) is 0 Å². The number of rotatable bonds is 8. The predicted molar refractivity (Wildman–Crippen MR) is 77.4 cm³/mol. The number of hydrogen-bond acceptors (Lipinski definition) is 3. The van der Waals surface area contributed by atoms with Gasteiger partial charge in [-0.05, 0) is 43.5 Å². The van der Waals surface area contributed by atoms with Crippen molar-refractivity contribution in [3.63, 3.8) is 0 Å². The Labute approximate surface area is 120 Å². The van der Waals surface area contributed by atoms with Gasteiger partial charge in [-0.1, -0.05) is 12.8 Å². The molecule has 1 aliphatic carbocycles. The summed E-state index contributed by atoms with van der Waals surface area (Å²) in [4.78, 5) is 2.38. The minimum atomic E-state index is -0.243. The molecule has 0 atom stereocenters. The van der Waals surface area contributed by atoms with Crippen molar-refractivity contribution < 1.29 is 14.2 Å². The molecule has 1 N–H and O–H groups in total. The number of hydrogen-bond donors (Lipinski definition) is 1. The van der Waals surface area contributed by atoms with Crippen molar-refractivity contribution in [3.8, 4) is 5.75 Å². The SMILES string of the molecule is OCCN(CCCOc1ccc(F)cc1)C1CCCC1. The van der Waals surface area contributed by atoms with Crippen LogP contribution in [0.3, 0.4) is 0 Å². The van der Waals surface area contributed by atoms with Crippen LogP contribution < -0.4 is 4.74 Å². The first-order valence-corrected chi connectivity index (χ1v) is 7.53. The predicted octanol–water partition coefficient (Wildman–Crippen LogP) is 2.83. The first-order chi connectivity index (χ1) is 9.79. The molecule has 0 spiro atoms. The van der Waals surface area contributed by atoms with E-state index in [1.54, 1.807) is 12.1 Å². The maximum atomic E-state index is 12.8. The Balaban J connectivity index is 1.68. The second kappa shape index (κ2) is 8.22. The lowest BCUT2D eigenvalue weighted by molar-refractivity contribution is 0.142. The molecule has 1 aromatic carbocycles. The largest absolute Gasteiger partial charge is 0.494 e. The monoisotopic (exact) mass is 281 g/mol. The number of ether oxygens (including phenoxy) is 1. The highest BCUT2D eigenvalue weighted by molar-refractivity contribution is 5.21. The summed E-state index contributed by atoms with van der Waals surface area (Å²) in [6.07, 6.45) is 6.03. The van der Waals surface area contributed by atoms with Crippen LogP contribution in [0.1, 0.15) is 32.1 Å². The third-order valence-corrected chi connectivity index (χ3v) is 3.90. The van der Waals surface area contributed by atoms with Gasteiger partial charge < -0.3 is 9.84 Å². The van der Waals surface area contributed by atoms with Gasteiger partial charge in [0.05, 0.1) is 13.2 Å². The van der Waals surface area contributed by atoms with E-state index in [0.717, 1.165) is 19.5 Å². The molecule has 3 nitrogen and oxygen atoms in total. The number of benzene rings is 1. The topological polar surface area (TPSA) is 32.7 Å². The molecule has 0 saturated heterocycles. The van der Waals surface area contributed by atoms with Crippen molar-refractivity contribution in [2.45, 2.75) is 38.1 Å². The van der Waals surface area contributed by atoms with Gasteiger partial charge in [0.2, 0.25) is 0 Å². The zero-order chi connectivity index (χ0) is 14.2. The van der Waals surface area contributed by atoms with E-state index in [2.05, 4.69) is 4.90 Å². The molecule has 1 aliphatic rings. The van der Waals surface area contributed by atoms with Crippen LogP contribution in [-0.4, -0.2) is 42.4 Å². The van der Waals surface area contributed by atoms with Gasteiger partial charge in [-0.15, -0.1) is 0 Å². The molecule has 112 valence electrons. The van der Waals surface area contributed by atoms with Gasteiger partial charge in [-0.2, -0.15) is 0 Å². The van der Waals surface area contributed by atoms with Crippen molar-refractivity contribution >= 4 is 0 Å². The van der Waals surface area contributed by atoms with Crippen molar-refractivity contribution in [3.05, 3.63) is 30.1 Å². The lowest BCUT2D eigenvalue weighted by Gasteiger charge is -2.27. The smallest absolute Gasteiger partial charge is 0.123 e. The Hall–Kier alpha value is -1.13. The van der Waals surface area contributed by atoms with E-state index < -0.39 is 0 Å². The first-order valence-electron chi connectivity index (χ1n) is 7.53. The minimum Gasteiger partial charge on any atom is -0.494 e. The fourth-order valence-corrected chi connectivity index (χ4v) is 2.86. The molecule has 0 heterocycles. The standard InChI is InChI=1S/C16H24FNO2/c17-14-6-8-16(9-7-14)20-13-3-10-18(11-12-19)15-4-1-2-5-15/h6-9,15,19H,1-5,10-13H2. The average molecular weight is 281 g/mol. The number of aliphatic hydroxyl groups excluding tert-OH is 1. The second-order valence-corrected chi connectivity index (χ2v) is 5.35. The Morgan fingerprint density at radius 2 is 1.85 bits per heavy atom. The molecule has 1 aromatic rings. The third kappa shape index (κ3) is 4.76. The molecule has 0 radical (unpaired) electrons. The van der Waals surface area contributed by atoms with Crippen LogP contribution in [-0.2, 0) is 0 Å². The summed E-state index contributed by atoms with van der Waals surface area (Å²) in [6, 6.07) is 6.75. The molecule has 0 amide bonds. The van der Waals surface area contributed by atoms with Crippen LogP contribution in [0.2, 0.25) is 0 Å². The van der Waals surface area contributed by atoms with E-state index in [1.165, 1.54) is 37.8 Å². The van der Waals surface area contributed by atoms with Gasteiger partial charge in [-0.25, -0.2) is 4.39 Å². The minimum absolute atomic E-state index is 0.218. The normalized spacial score (nSPS) is 15.9. The molecule has 0 bridgehead atoms. The van der Waals surface area contributed by atoms with Gasteiger partial charge in [-0.3, -0.25) is 4.90 Å². The fraction of sp³-hybridized carbons (Fsp3) is 0.625. The lowest BCUT2D eigenvalue weighted by Crippen LogP contribution is -2.36. The van der Waals surface area contributed by atoms with E-state index >= 15 is 0 Å². The number of aliphatic hydroxyl groups is 1. The summed E-state index contributed by atoms with van der Waals surface area (Å²) in [6.45, 7) is 2.54. The summed E-state index contributed by atoms with van der Waals surface area (Å²) in [7, 11) is 0. The van der Waals surface area contributed by atoms with Crippen LogP contribution in [0.15, 0.2) is 24.3 Å². The molecule has 0 aliphatic heterocycles. The van der Waals surface area contributed by atoms with Crippen LogP contribution >= 0.6 is 0 Å². The van der Waals surface area contributed by atoms with Gasteiger partial charge in [0.1, 0.15) is 11.6 Å². The highest BCUT2D eigenvalue weighted by Crippen LogP contribution is 2.23. The molecule has 1 fully saturated rings. The number of nitrogens with zero attached hydrogens (tertiary/aromatic N) is 1. The second-order valence-electron chi connectivity index (χ2n) is 5.35. The van der Waals surface area contributed by atoms with Crippen molar-refractivity contribution in [2.24, 2.45) is 0 Å². The summed E-state index contributed by atoms with van der Waals surface area (Å²) >= 11 is 0. The lowest BCUT2D eigenvalue weighted by atomic mass is 10.2. The van der Waals surface area contributed by atoms with Gasteiger partial charge in [0.25, 0.3) is 0 Å². The quantitative estimate of drug-likeness (QED) is 0.744. The van der Waals surface area contributed by atoms with Gasteiger partial charge in [0, 0.05) is 19.1 Å². The summed E-state index contributed by atoms with van der Waals surface area (Å²) in [5.74, 6) is 0.466. The zero-order valence-electron chi connectivity index (χ0n) is 11.9. The maximum Gasteiger partial charge on any atom is 0.123 e. The van der Waals surface area contributed by atoms with E-state index in [4.69, 9.17) is 9.84 Å². The molecule has 2 rings (SSSR count).